The van der Waals surface area contributed by atoms with Crippen LogP contribution in [0.1, 0.15) is 144 Å². The summed E-state index contributed by atoms with van der Waals surface area (Å²) in [5, 5.41) is 14.2. The predicted octanol–water partition coefficient (Wildman–Crippen LogP) is 11.4. The van der Waals surface area contributed by atoms with Crippen molar-refractivity contribution in [1.82, 2.24) is 5.32 Å². The molecule has 0 aliphatic heterocycles. The summed E-state index contributed by atoms with van der Waals surface area (Å²) in [4.78, 5) is 12.0. The second-order valence-corrected chi connectivity index (χ2v) is 20.7. The molecule has 0 radical (unpaired) electrons. The summed E-state index contributed by atoms with van der Waals surface area (Å²) >= 11 is 0. The van der Waals surface area contributed by atoms with Gasteiger partial charge in [-0.25, -0.2) is 4.39 Å². The van der Waals surface area contributed by atoms with E-state index in [4.69, 9.17) is 0 Å². The van der Waals surface area contributed by atoms with Crippen molar-refractivity contribution in [2.45, 2.75) is 150 Å². The first-order valence-electron chi connectivity index (χ1n) is 21.0. The van der Waals surface area contributed by atoms with Crippen LogP contribution in [0.3, 0.4) is 0 Å². The number of hydrogen-bond acceptors (Lipinski definition) is 2. The molecule has 2 N–H and O–H groups in total. The minimum Gasteiger partial charge on any atom is -0.481 e. The number of alkyl halides is 1. The number of hydrogen-bond donors (Lipinski definition) is 2. The van der Waals surface area contributed by atoms with E-state index < -0.39 is 18.1 Å². The first-order valence-corrected chi connectivity index (χ1v) is 21.0. The minimum absolute atomic E-state index is 0.0201. The zero-order valence-corrected chi connectivity index (χ0v) is 32.4. The Morgan fingerprint density at radius 1 is 0.880 bits per heavy atom. The summed E-state index contributed by atoms with van der Waals surface area (Å²) < 4.78 is 14.0. The van der Waals surface area contributed by atoms with Gasteiger partial charge in [-0.2, -0.15) is 0 Å². The van der Waals surface area contributed by atoms with Crippen molar-refractivity contribution in [3.8, 4) is 0 Å². The molecule has 0 aromatic carbocycles. The van der Waals surface area contributed by atoms with Crippen molar-refractivity contribution in [3.63, 3.8) is 0 Å². The first-order chi connectivity index (χ1) is 23.7. The highest BCUT2D eigenvalue weighted by atomic mass is 19.1. The summed E-state index contributed by atoms with van der Waals surface area (Å²) in [6.07, 6.45) is 26.1. The molecule has 0 aromatic heterocycles. The molecular weight excluding hydrogens is 618 g/mol. The van der Waals surface area contributed by atoms with Gasteiger partial charge >= 0.3 is 5.97 Å². The molecule has 1 unspecified atom stereocenters. The first kappa shape index (κ1) is 35.4. The molecule has 10 atom stereocenters. The van der Waals surface area contributed by atoms with Gasteiger partial charge in [-0.05, 0) is 184 Å². The Balaban J connectivity index is 1.07. The lowest BCUT2D eigenvalue weighted by molar-refractivity contribution is -0.221. The molecule has 0 bridgehead atoms. The van der Waals surface area contributed by atoms with Crippen molar-refractivity contribution in [2.75, 3.05) is 13.2 Å². The number of allylic oxidation sites excluding steroid dienone is 6. The topological polar surface area (TPSA) is 49.3 Å². The Bertz CT molecular complexity index is 1500. The van der Waals surface area contributed by atoms with Gasteiger partial charge in [-0.15, -0.1) is 0 Å². The molecule has 8 aliphatic carbocycles. The third kappa shape index (κ3) is 5.05. The van der Waals surface area contributed by atoms with Crippen LogP contribution in [0.5, 0.6) is 0 Å². The van der Waals surface area contributed by atoms with E-state index in [1.165, 1.54) is 93.8 Å². The fourth-order valence-corrected chi connectivity index (χ4v) is 15.0. The Labute approximate surface area is 303 Å². The highest BCUT2D eigenvalue weighted by Crippen LogP contribution is 2.76. The summed E-state index contributed by atoms with van der Waals surface area (Å²) in [6, 6.07) is 0. The van der Waals surface area contributed by atoms with Gasteiger partial charge in [0.15, 0.2) is 0 Å². The van der Waals surface area contributed by atoms with Gasteiger partial charge < -0.3 is 10.4 Å². The van der Waals surface area contributed by atoms with E-state index in [1.807, 2.05) is 0 Å². The fraction of sp³-hybridized carbons (Fsp3) is 0.804. The number of nitrogens with one attached hydrogen (secondary N) is 1. The second kappa shape index (κ2) is 11.9. The molecule has 0 spiro atoms. The largest absolute Gasteiger partial charge is 0.481 e. The van der Waals surface area contributed by atoms with Crippen LogP contribution in [0.15, 0.2) is 47.1 Å². The van der Waals surface area contributed by atoms with Crippen LogP contribution in [0.25, 0.3) is 0 Å². The number of fused-ring (bicyclic) bond motifs is 7. The molecule has 0 heterocycles. The van der Waals surface area contributed by atoms with Gasteiger partial charge in [-0.1, -0.05) is 70.6 Å². The molecule has 8 aliphatic rings. The van der Waals surface area contributed by atoms with E-state index in [9.17, 15) is 14.3 Å². The average molecular weight is 686 g/mol. The SMILES string of the molecule is C=C(C)C1CC[C@]2(NCC=C(C3CC3)C3CC3)CC[C@]3(C)[C@H](CC[C@@H]4[C@@]5(C)CC=C(C6=CC[C@](CF)(C(=O)O)CC6)C(C)(C)[C@@H]5CC[C@]43C)[C@@H]12. The maximum absolute atomic E-state index is 14.0. The van der Waals surface area contributed by atoms with Gasteiger partial charge in [0, 0.05) is 12.1 Å². The lowest BCUT2D eigenvalue weighted by Crippen LogP contribution is -2.68. The zero-order valence-electron chi connectivity index (χ0n) is 32.4. The lowest BCUT2D eigenvalue weighted by atomic mass is 9.33. The number of carboxylic acids is 1. The molecule has 0 amide bonds. The van der Waals surface area contributed by atoms with Crippen LogP contribution < -0.4 is 5.32 Å². The van der Waals surface area contributed by atoms with Crippen LogP contribution in [0, 0.1) is 68.5 Å². The smallest absolute Gasteiger partial charge is 0.312 e. The number of halogens is 1. The van der Waals surface area contributed by atoms with Gasteiger partial charge in [0.2, 0.25) is 0 Å². The van der Waals surface area contributed by atoms with Crippen molar-refractivity contribution in [2.24, 2.45) is 68.5 Å². The number of carboxylic acid groups (broad SMARTS) is 1. The van der Waals surface area contributed by atoms with Crippen LogP contribution in [0.2, 0.25) is 0 Å². The summed E-state index contributed by atoms with van der Waals surface area (Å²) in [7, 11) is 0. The predicted molar refractivity (Wildman–Crippen MR) is 202 cm³/mol. The molecular formula is C46H68FNO2. The van der Waals surface area contributed by atoms with Crippen LogP contribution in [-0.2, 0) is 4.79 Å². The monoisotopic (exact) mass is 686 g/mol. The average Bonchev–Trinajstić information content (AvgIpc) is 4.02. The fourth-order valence-electron chi connectivity index (χ4n) is 15.0. The number of carbonyl (C=O) groups is 1. The minimum atomic E-state index is -1.24. The highest BCUT2D eigenvalue weighted by molar-refractivity contribution is 5.75. The van der Waals surface area contributed by atoms with Gasteiger partial charge in [0.25, 0.3) is 0 Å². The zero-order chi connectivity index (χ0) is 35.5. The molecule has 0 saturated heterocycles. The van der Waals surface area contributed by atoms with Gasteiger partial charge in [-0.3, -0.25) is 4.79 Å². The number of aliphatic carboxylic acids is 1. The molecule has 3 nitrogen and oxygen atoms in total. The molecule has 6 fully saturated rings. The standard InChI is InChI=1S/C46H68FNO2/c1-29(2)33-16-24-46(48-27-19-34(30-8-9-30)31-10-11-31)26-25-43(6)36(39(33)46)12-13-38-42(5)20-17-35(41(3,4)37(42)18-21-44(38,43)7)32-14-22-45(28-47,23-15-32)40(49)50/h14,17,19,30-31,33,36-39,48H,1,8-13,15-16,18,20-28H2,2-7H3,(H,49,50)/t33?,36-,37+,38-,39-,42+,43-,44-,45+,46+/m1/s1. The normalized spacial score (nSPS) is 46.3. The molecule has 4 heteroatoms. The van der Waals surface area contributed by atoms with Gasteiger partial charge in [0.05, 0.1) is 5.41 Å². The van der Waals surface area contributed by atoms with E-state index >= 15 is 0 Å². The maximum Gasteiger partial charge on any atom is 0.312 e. The third-order valence-corrected chi connectivity index (χ3v) is 18.2. The van der Waals surface area contributed by atoms with E-state index in [-0.39, 0.29) is 16.4 Å². The van der Waals surface area contributed by atoms with Crippen LogP contribution >= 0.6 is 0 Å². The van der Waals surface area contributed by atoms with Crippen molar-refractivity contribution >= 4 is 5.97 Å². The van der Waals surface area contributed by atoms with E-state index in [1.54, 1.807) is 5.57 Å². The Kier molecular flexibility index (Phi) is 8.42. The summed E-state index contributed by atoms with van der Waals surface area (Å²) in [5.41, 5.74) is 5.89. The highest BCUT2D eigenvalue weighted by Gasteiger charge is 2.70. The summed E-state index contributed by atoms with van der Waals surface area (Å²) in [6.45, 7) is 20.4. The van der Waals surface area contributed by atoms with Crippen molar-refractivity contribution < 1.29 is 14.3 Å². The Hall–Kier alpha value is -1.68. The molecule has 276 valence electrons. The second-order valence-electron chi connectivity index (χ2n) is 20.7. The molecule has 8 rings (SSSR count). The van der Waals surface area contributed by atoms with Crippen molar-refractivity contribution in [1.29, 1.82) is 0 Å². The summed E-state index contributed by atoms with van der Waals surface area (Å²) in [5.74, 6) is 4.18. The number of rotatable bonds is 9. The lowest BCUT2D eigenvalue weighted by Gasteiger charge is -2.72. The van der Waals surface area contributed by atoms with E-state index in [2.05, 4.69) is 71.7 Å². The molecule has 50 heavy (non-hydrogen) atoms. The third-order valence-electron chi connectivity index (χ3n) is 18.2. The van der Waals surface area contributed by atoms with E-state index in [0.717, 1.165) is 30.7 Å². The maximum atomic E-state index is 14.0. The molecule has 6 saturated carbocycles. The van der Waals surface area contributed by atoms with Crippen LogP contribution in [-0.4, -0.2) is 29.8 Å². The molecule has 0 aromatic rings. The van der Waals surface area contributed by atoms with Crippen molar-refractivity contribution in [3.05, 3.63) is 47.1 Å². The van der Waals surface area contributed by atoms with E-state index in [0.29, 0.717) is 53.8 Å². The van der Waals surface area contributed by atoms with Crippen LogP contribution in [0.4, 0.5) is 4.39 Å². The van der Waals surface area contributed by atoms with Gasteiger partial charge in [0.1, 0.15) is 6.67 Å². The Morgan fingerprint density at radius 2 is 1.60 bits per heavy atom. The quantitative estimate of drug-likeness (QED) is 0.238. The Morgan fingerprint density at radius 3 is 2.20 bits per heavy atom.